The number of aromatic nitrogens is 2. The fourth-order valence-corrected chi connectivity index (χ4v) is 4.33. The molecule has 5 rings (SSSR count). The van der Waals surface area contributed by atoms with E-state index in [2.05, 4.69) is 33.0 Å². The number of nitrogens with one attached hydrogen (secondary N) is 3. The number of hydrogen-bond acceptors (Lipinski definition) is 4. The molecule has 170 valence electrons. The zero-order valence-corrected chi connectivity index (χ0v) is 19.4. The zero-order valence-electron chi connectivity index (χ0n) is 18.7. The standard InChI is InChI=1S/C27H24ClN5O/c1-17-25(27(34)31-22-12-14-23-20(15-22)16-29-33-23)24(13-7-18-5-3-2-4-6-18)32-26(30-17)19-8-10-21(28)11-9-19/h2-6,8-12,14-16,24H,7,13H2,1H3,(H,29,33)(H,30,32)(H,31,34). The number of H-pyrrole nitrogens is 1. The van der Waals surface area contributed by atoms with Gasteiger partial charge in [-0.3, -0.25) is 14.9 Å². The van der Waals surface area contributed by atoms with E-state index in [-0.39, 0.29) is 11.9 Å². The first-order valence-corrected chi connectivity index (χ1v) is 11.5. The van der Waals surface area contributed by atoms with Crippen LogP contribution in [0, 0.1) is 0 Å². The van der Waals surface area contributed by atoms with Gasteiger partial charge in [0.05, 0.1) is 23.3 Å². The molecule has 0 fully saturated rings. The first-order valence-electron chi connectivity index (χ1n) is 11.2. The second kappa shape index (κ2) is 9.53. The molecule has 3 aromatic carbocycles. The number of benzene rings is 3. The van der Waals surface area contributed by atoms with Crippen LogP contribution in [-0.2, 0) is 11.2 Å². The maximum atomic E-state index is 13.4. The second-order valence-electron chi connectivity index (χ2n) is 8.31. The summed E-state index contributed by atoms with van der Waals surface area (Å²) in [6.45, 7) is 1.92. The number of amides is 1. The predicted octanol–water partition coefficient (Wildman–Crippen LogP) is 5.48. The average Bonchev–Trinajstić information content (AvgIpc) is 3.31. The molecule has 7 heteroatoms. The minimum Gasteiger partial charge on any atom is -0.343 e. The molecule has 4 aromatic rings. The number of carbonyl (C=O) groups excluding carboxylic acids is 1. The van der Waals surface area contributed by atoms with Crippen molar-refractivity contribution in [3.8, 4) is 0 Å². The van der Waals surface area contributed by atoms with Gasteiger partial charge in [0.25, 0.3) is 5.91 Å². The van der Waals surface area contributed by atoms with Crippen molar-refractivity contribution < 1.29 is 4.79 Å². The number of aromatic amines is 1. The second-order valence-corrected chi connectivity index (χ2v) is 8.75. The largest absolute Gasteiger partial charge is 0.343 e. The summed E-state index contributed by atoms with van der Waals surface area (Å²) in [6, 6.07) is 23.2. The Bertz CT molecular complexity index is 1390. The van der Waals surface area contributed by atoms with Crippen molar-refractivity contribution in [3.63, 3.8) is 0 Å². The van der Waals surface area contributed by atoms with Gasteiger partial charge in [-0.1, -0.05) is 41.9 Å². The Morgan fingerprint density at radius 2 is 1.85 bits per heavy atom. The Kier molecular flexibility index (Phi) is 6.14. The number of nitrogens with zero attached hydrogens (tertiary/aromatic N) is 2. The molecular weight excluding hydrogens is 446 g/mol. The van der Waals surface area contributed by atoms with Crippen molar-refractivity contribution in [2.45, 2.75) is 25.8 Å². The number of aliphatic imine (C=N–C) groups is 1. The van der Waals surface area contributed by atoms with Gasteiger partial charge in [-0.05, 0) is 67.8 Å². The van der Waals surface area contributed by atoms with Crippen LogP contribution in [0.2, 0.25) is 5.02 Å². The summed E-state index contributed by atoms with van der Waals surface area (Å²) in [7, 11) is 0. The van der Waals surface area contributed by atoms with E-state index in [4.69, 9.17) is 16.6 Å². The number of hydrogen-bond donors (Lipinski definition) is 3. The number of aryl methyl sites for hydroxylation is 1. The third-order valence-electron chi connectivity index (χ3n) is 5.94. The van der Waals surface area contributed by atoms with Crippen LogP contribution in [0.15, 0.2) is 95.3 Å². The molecule has 3 N–H and O–H groups in total. The Balaban J connectivity index is 1.43. The molecule has 0 bridgehead atoms. The lowest BCUT2D eigenvalue weighted by Gasteiger charge is -2.27. The highest BCUT2D eigenvalue weighted by molar-refractivity contribution is 6.30. The van der Waals surface area contributed by atoms with E-state index in [0.717, 1.165) is 34.4 Å². The van der Waals surface area contributed by atoms with Crippen LogP contribution in [0.5, 0.6) is 0 Å². The summed E-state index contributed by atoms with van der Waals surface area (Å²) >= 11 is 6.07. The number of carbonyl (C=O) groups is 1. The van der Waals surface area contributed by atoms with Crippen molar-refractivity contribution in [1.29, 1.82) is 0 Å². The van der Waals surface area contributed by atoms with Crippen molar-refractivity contribution in [1.82, 2.24) is 15.5 Å². The Morgan fingerprint density at radius 3 is 2.65 bits per heavy atom. The van der Waals surface area contributed by atoms with Crippen LogP contribution in [0.3, 0.4) is 0 Å². The van der Waals surface area contributed by atoms with Gasteiger partial charge in [0.2, 0.25) is 0 Å². The van der Waals surface area contributed by atoms with E-state index < -0.39 is 0 Å². The smallest absolute Gasteiger partial charge is 0.255 e. The van der Waals surface area contributed by atoms with E-state index >= 15 is 0 Å². The van der Waals surface area contributed by atoms with Gasteiger partial charge in [0, 0.05) is 27.4 Å². The van der Waals surface area contributed by atoms with Crippen LogP contribution < -0.4 is 10.6 Å². The monoisotopic (exact) mass is 469 g/mol. The lowest BCUT2D eigenvalue weighted by Crippen LogP contribution is -2.37. The molecule has 1 aliphatic heterocycles. The zero-order chi connectivity index (χ0) is 23.5. The molecule has 0 aliphatic carbocycles. The molecule has 0 spiro atoms. The Morgan fingerprint density at radius 1 is 1.06 bits per heavy atom. The highest BCUT2D eigenvalue weighted by Gasteiger charge is 2.28. The molecule has 34 heavy (non-hydrogen) atoms. The number of allylic oxidation sites excluding steroid dienone is 1. The highest BCUT2D eigenvalue weighted by atomic mass is 35.5. The number of fused-ring (bicyclic) bond motifs is 1. The Labute approximate surface area is 202 Å². The molecule has 1 aliphatic rings. The molecular formula is C27H24ClN5O. The molecule has 1 aromatic heterocycles. The maximum Gasteiger partial charge on any atom is 0.255 e. The molecule has 0 saturated heterocycles. The normalized spacial score (nSPS) is 15.7. The quantitative estimate of drug-likeness (QED) is 0.349. The van der Waals surface area contributed by atoms with E-state index in [0.29, 0.717) is 22.7 Å². The van der Waals surface area contributed by atoms with Gasteiger partial charge >= 0.3 is 0 Å². The molecule has 0 radical (unpaired) electrons. The molecule has 6 nitrogen and oxygen atoms in total. The third kappa shape index (κ3) is 4.72. The summed E-state index contributed by atoms with van der Waals surface area (Å²) in [4.78, 5) is 18.4. The van der Waals surface area contributed by atoms with Crippen LogP contribution in [0.4, 0.5) is 5.69 Å². The van der Waals surface area contributed by atoms with E-state index in [1.54, 1.807) is 6.20 Å². The topological polar surface area (TPSA) is 82.2 Å². The molecule has 0 saturated carbocycles. The van der Waals surface area contributed by atoms with Crippen LogP contribution in [-0.4, -0.2) is 28.0 Å². The summed E-state index contributed by atoms with van der Waals surface area (Å²) in [5.74, 6) is 0.577. The van der Waals surface area contributed by atoms with E-state index in [1.807, 2.05) is 67.6 Å². The van der Waals surface area contributed by atoms with Gasteiger partial charge < -0.3 is 10.6 Å². The van der Waals surface area contributed by atoms with Crippen molar-refractivity contribution >= 4 is 39.9 Å². The Hall–Kier alpha value is -3.90. The van der Waals surface area contributed by atoms with Gasteiger partial charge in [-0.25, -0.2) is 0 Å². The SMILES string of the molecule is CC1=C(C(=O)Nc2ccc3[nH]ncc3c2)C(CCc2ccccc2)N=C(c2ccc(Cl)cc2)N1. The average molecular weight is 470 g/mol. The number of amidine groups is 1. The van der Waals surface area contributed by atoms with Crippen molar-refractivity contribution in [2.24, 2.45) is 4.99 Å². The van der Waals surface area contributed by atoms with Gasteiger partial charge in [-0.15, -0.1) is 0 Å². The minimum absolute atomic E-state index is 0.162. The number of halogens is 1. The summed E-state index contributed by atoms with van der Waals surface area (Å²) in [5, 5.41) is 15.0. The molecule has 2 heterocycles. The van der Waals surface area contributed by atoms with E-state index in [1.165, 1.54) is 5.56 Å². The van der Waals surface area contributed by atoms with Crippen molar-refractivity contribution in [2.75, 3.05) is 5.32 Å². The molecule has 1 unspecified atom stereocenters. The van der Waals surface area contributed by atoms with E-state index in [9.17, 15) is 4.79 Å². The summed E-state index contributed by atoms with van der Waals surface area (Å²) in [6.07, 6.45) is 3.26. The van der Waals surface area contributed by atoms with Crippen LogP contribution >= 0.6 is 11.6 Å². The first-order chi connectivity index (χ1) is 16.6. The molecule has 1 atom stereocenters. The fraction of sp³-hybridized carbons (Fsp3) is 0.148. The predicted molar refractivity (Wildman–Crippen MR) is 137 cm³/mol. The maximum absolute atomic E-state index is 13.4. The lowest BCUT2D eigenvalue weighted by atomic mass is 9.95. The third-order valence-corrected chi connectivity index (χ3v) is 6.19. The minimum atomic E-state index is -0.287. The fourth-order valence-electron chi connectivity index (χ4n) is 4.20. The highest BCUT2D eigenvalue weighted by Crippen LogP contribution is 2.25. The molecule has 1 amide bonds. The van der Waals surface area contributed by atoms with Crippen LogP contribution in [0.1, 0.15) is 24.5 Å². The summed E-state index contributed by atoms with van der Waals surface area (Å²) < 4.78 is 0. The summed E-state index contributed by atoms with van der Waals surface area (Å²) in [5.41, 5.74) is 5.21. The lowest BCUT2D eigenvalue weighted by molar-refractivity contribution is -0.113. The van der Waals surface area contributed by atoms with Crippen LogP contribution in [0.25, 0.3) is 10.9 Å². The number of rotatable bonds is 6. The number of anilines is 1. The first kappa shape index (κ1) is 21.9. The van der Waals surface area contributed by atoms with Gasteiger partial charge in [-0.2, -0.15) is 5.10 Å². The van der Waals surface area contributed by atoms with Gasteiger partial charge in [0.1, 0.15) is 5.84 Å². The van der Waals surface area contributed by atoms with Crippen molar-refractivity contribution in [3.05, 3.63) is 106 Å². The van der Waals surface area contributed by atoms with Gasteiger partial charge in [0.15, 0.2) is 0 Å².